The molecule has 0 saturated heterocycles. The second-order valence-electron chi connectivity index (χ2n) is 9.21. The first kappa shape index (κ1) is 26.6. The molecule has 0 aliphatic carbocycles. The first-order chi connectivity index (χ1) is 18.5. The fourth-order valence-electron chi connectivity index (χ4n) is 4.14. The summed E-state index contributed by atoms with van der Waals surface area (Å²) in [6.45, 7) is 4.98. The molecule has 4 rings (SSSR count). The topological polar surface area (TPSA) is 70.4 Å². The van der Waals surface area contributed by atoms with Crippen molar-refractivity contribution in [2.45, 2.75) is 46.3 Å². The number of aromatic nitrogens is 2. The average molecular weight is 509 g/mol. The Morgan fingerprint density at radius 1 is 1.03 bits per heavy atom. The van der Waals surface area contributed by atoms with E-state index in [9.17, 15) is 9.59 Å². The van der Waals surface area contributed by atoms with Gasteiger partial charge >= 0.3 is 5.97 Å². The molecular weight excluding hydrogens is 476 g/mol. The number of unbranched alkanes of at least 4 members (excludes halogenated alkanes) is 1. The van der Waals surface area contributed by atoms with E-state index in [2.05, 4.69) is 12.7 Å². The van der Waals surface area contributed by atoms with Crippen LogP contribution in [0, 0.1) is 6.92 Å². The molecule has 0 atom stereocenters. The highest BCUT2D eigenvalue weighted by atomic mass is 16.5. The predicted molar refractivity (Wildman–Crippen MR) is 150 cm³/mol. The molecule has 0 radical (unpaired) electrons. The lowest BCUT2D eigenvalue weighted by Crippen LogP contribution is -2.26. The number of esters is 1. The molecular formula is C32H32N2O4. The van der Waals surface area contributed by atoms with Crippen molar-refractivity contribution in [1.29, 1.82) is 0 Å². The summed E-state index contributed by atoms with van der Waals surface area (Å²) in [5.41, 5.74) is 8.30. The third-order valence-corrected chi connectivity index (χ3v) is 6.29. The van der Waals surface area contributed by atoms with Gasteiger partial charge in [-0.05, 0) is 60.4 Å². The van der Waals surface area contributed by atoms with Crippen LogP contribution in [0.5, 0.6) is 0 Å². The fraction of sp³-hybridized carbons (Fsp3) is 0.250. The number of nitrogens with zero attached hydrogens (tertiary/aromatic N) is 2. The quantitative estimate of drug-likeness (QED) is 0.144. The molecule has 0 amide bonds. The van der Waals surface area contributed by atoms with Crippen molar-refractivity contribution < 1.29 is 14.3 Å². The van der Waals surface area contributed by atoms with Gasteiger partial charge in [0.15, 0.2) is 0 Å². The Bertz CT molecular complexity index is 1530. The van der Waals surface area contributed by atoms with Gasteiger partial charge in [-0.25, -0.2) is 9.78 Å². The minimum atomic E-state index is -0.362. The van der Waals surface area contributed by atoms with Gasteiger partial charge in [0.2, 0.25) is 0 Å². The molecule has 0 aliphatic rings. The van der Waals surface area contributed by atoms with E-state index in [1.54, 1.807) is 12.1 Å². The molecule has 0 bridgehead atoms. The number of benzene rings is 3. The van der Waals surface area contributed by atoms with Gasteiger partial charge in [-0.1, -0.05) is 67.1 Å². The number of ether oxygens (including phenoxy) is 2. The van der Waals surface area contributed by atoms with Crippen molar-refractivity contribution in [3.05, 3.63) is 123 Å². The maximum Gasteiger partial charge on any atom is 0.337 e. The molecule has 38 heavy (non-hydrogen) atoms. The third-order valence-electron chi connectivity index (χ3n) is 6.29. The van der Waals surface area contributed by atoms with Crippen molar-refractivity contribution >= 4 is 22.9 Å². The lowest BCUT2D eigenvalue weighted by molar-refractivity contribution is 0.0600. The van der Waals surface area contributed by atoms with E-state index in [1.165, 1.54) is 13.4 Å². The van der Waals surface area contributed by atoms with Crippen LogP contribution in [-0.4, -0.2) is 22.6 Å². The van der Waals surface area contributed by atoms with Crippen LogP contribution in [-0.2, 0) is 29.0 Å². The molecule has 6 nitrogen and oxygen atoms in total. The lowest BCUT2D eigenvalue weighted by Gasteiger charge is -2.14. The number of fused-ring (bicyclic) bond motifs is 1. The minimum Gasteiger partial charge on any atom is -0.488 e. The van der Waals surface area contributed by atoms with Gasteiger partial charge in [0.1, 0.15) is 18.7 Å². The molecule has 0 N–H and O–H groups in total. The van der Waals surface area contributed by atoms with Crippen LogP contribution in [0.3, 0.4) is 0 Å². The molecule has 0 aliphatic heterocycles. The van der Waals surface area contributed by atoms with Gasteiger partial charge in [0.05, 0.1) is 30.1 Å². The summed E-state index contributed by atoms with van der Waals surface area (Å²) >= 11 is 0. The van der Waals surface area contributed by atoms with Crippen LogP contribution in [0.25, 0.3) is 17.0 Å². The Balaban J connectivity index is 1.42. The monoisotopic (exact) mass is 508 g/mol. The van der Waals surface area contributed by atoms with Crippen LogP contribution in [0.15, 0.2) is 83.5 Å². The summed E-state index contributed by atoms with van der Waals surface area (Å²) in [6, 6.07) is 21.0. The number of rotatable bonds is 10. The summed E-state index contributed by atoms with van der Waals surface area (Å²) in [6.07, 6.45) is 6.16. The molecule has 0 saturated carbocycles. The largest absolute Gasteiger partial charge is 0.488 e. The first-order valence-electron chi connectivity index (χ1n) is 12.8. The summed E-state index contributed by atoms with van der Waals surface area (Å²) < 4.78 is 12.1. The Morgan fingerprint density at radius 3 is 2.47 bits per heavy atom. The number of methoxy groups -OCH3 is 1. The Hall–Kier alpha value is -4.41. The maximum absolute atomic E-state index is 13.4. The second kappa shape index (κ2) is 12.7. The number of carbonyl (C=O) groups is 1. The van der Waals surface area contributed by atoms with Crippen molar-refractivity contribution in [2.24, 2.45) is 0 Å². The standard InChI is InChI=1S/C32H32N2O4/c1-4-5-8-30-33-29-18-9-23(2)20-28(29)31(35)34(30)21-25-12-10-24(11-13-25)7-6-19-38-22-26-14-16-27(17-15-26)32(36)37-3/h7,9-20H,4-5,8,21-22H2,1-3H3. The van der Waals surface area contributed by atoms with Crippen molar-refractivity contribution in [2.75, 3.05) is 7.11 Å². The molecule has 0 unspecified atom stereocenters. The van der Waals surface area contributed by atoms with E-state index >= 15 is 0 Å². The molecule has 4 aromatic rings. The summed E-state index contributed by atoms with van der Waals surface area (Å²) in [4.78, 5) is 29.7. The van der Waals surface area contributed by atoms with E-state index in [1.807, 2.05) is 72.2 Å². The van der Waals surface area contributed by atoms with Crippen LogP contribution >= 0.6 is 0 Å². The van der Waals surface area contributed by atoms with Crippen LogP contribution in [0.4, 0.5) is 0 Å². The lowest BCUT2D eigenvalue weighted by atomic mass is 10.1. The predicted octanol–water partition coefficient (Wildman–Crippen LogP) is 6.23. The average Bonchev–Trinajstić information content (AvgIpc) is 2.94. The molecule has 3 aromatic carbocycles. The summed E-state index contributed by atoms with van der Waals surface area (Å²) in [5, 5.41) is 0.661. The van der Waals surface area contributed by atoms with Gasteiger partial charge in [-0.15, -0.1) is 0 Å². The molecule has 0 fully saturated rings. The van der Waals surface area contributed by atoms with E-state index in [0.29, 0.717) is 24.1 Å². The highest BCUT2D eigenvalue weighted by Crippen LogP contribution is 2.15. The normalized spacial score (nSPS) is 10.6. The zero-order valence-electron chi connectivity index (χ0n) is 22.1. The fourth-order valence-corrected chi connectivity index (χ4v) is 4.14. The van der Waals surface area contributed by atoms with Crippen molar-refractivity contribution in [1.82, 2.24) is 9.55 Å². The summed E-state index contributed by atoms with van der Waals surface area (Å²) in [7, 11) is 1.36. The van der Waals surface area contributed by atoms with Crippen LogP contribution in [0.2, 0.25) is 0 Å². The first-order valence-corrected chi connectivity index (χ1v) is 12.8. The highest BCUT2D eigenvalue weighted by molar-refractivity contribution is 5.89. The highest BCUT2D eigenvalue weighted by Gasteiger charge is 2.12. The minimum absolute atomic E-state index is 0.00814. The van der Waals surface area contributed by atoms with Gasteiger partial charge in [-0.2, -0.15) is 0 Å². The zero-order valence-corrected chi connectivity index (χ0v) is 22.1. The maximum atomic E-state index is 13.4. The Morgan fingerprint density at radius 2 is 1.76 bits per heavy atom. The van der Waals surface area contributed by atoms with E-state index in [0.717, 1.165) is 52.9 Å². The Kier molecular flexibility index (Phi) is 8.91. The molecule has 194 valence electrons. The van der Waals surface area contributed by atoms with E-state index in [-0.39, 0.29) is 11.5 Å². The van der Waals surface area contributed by atoms with Gasteiger partial charge in [-0.3, -0.25) is 9.36 Å². The van der Waals surface area contributed by atoms with Gasteiger partial charge in [0, 0.05) is 6.42 Å². The zero-order chi connectivity index (χ0) is 26.9. The summed E-state index contributed by atoms with van der Waals surface area (Å²) in [5.74, 6) is 0.469. The number of hydrogen-bond acceptors (Lipinski definition) is 5. The number of carbonyl (C=O) groups excluding carboxylic acids is 1. The number of aryl methyl sites for hydroxylation is 2. The molecule has 0 spiro atoms. The van der Waals surface area contributed by atoms with Gasteiger partial charge in [0.25, 0.3) is 5.56 Å². The smallest absolute Gasteiger partial charge is 0.337 e. The molecule has 1 heterocycles. The molecule has 6 heteroatoms. The van der Waals surface area contributed by atoms with E-state index in [4.69, 9.17) is 14.5 Å². The second-order valence-corrected chi connectivity index (χ2v) is 9.21. The number of hydrogen-bond donors (Lipinski definition) is 0. The van der Waals surface area contributed by atoms with Crippen molar-refractivity contribution in [3.8, 4) is 0 Å². The Labute approximate surface area is 222 Å². The van der Waals surface area contributed by atoms with E-state index < -0.39 is 0 Å². The SMILES string of the molecule is CCCCc1nc2ccc(C)cc2c(=O)n1Cc1ccc(C=C=COCc2ccc(C(=O)OC)cc2)cc1. The van der Waals surface area contributed by atoms with Gasteiger partial charge < -0.3 is 9.47 Å². The van der Waals surface area contributed by atoms with Crippen LogP contribution in [0.1, 0.15) is 58.2 Å². The van der Waals surface area contributed by atoms with Crippen LogP contribution < -0.4 is 5.56 Å². The third kappa shape index (κ3) is 6.67. The molecule has 1 aromatic heterocycles. The van der Waals surface area contributed by atoms with Crippen molar-refractivity contribution in [3.63, 3.8) is 0 Å².